The van der Waals surface area contributed by atoms with E-state index in [-0.39, 0.29) is 6.10 Å². The van der Waals surface area contributed by atoms with Gasteiger partial charge in [-0.2, -0.15) is 0 Å². The average Bonchev–Trinajstić information content (AvgIpc) is 2.41. The van der Waals surface area contributed by atoms with Gasteiger partial charge in [-0.05, 0) is 39.0 Å². The standard InChI is InChI=1S/C16H32N2O/c1-3-6-13(2)17-14-9-11-18(12-10-14)15-7-4-5-8-16(15)19/h13-17,19H,3-12H2,1-2H3. The molecule has 3 unspecified atom stereocenters. The second-order valence-corrected chi connectivity index (χ2v) is 6.59. The Morgan fingerprint density at radius 2 is 1.84 bits per heavy atom. The van der Waals surface area contributed by atoms with Gasteiger partial charge in [0.05, 0.1) is 6.10 Å². The minimum absolute atomic E-state index is 0.0720. The van der Waals surface area contributed by atoms with Crippen LogP contribution in [0.15, 0.2) is 0 Å². The third-order valence-corrected chi connectivity index (χ3v) is 4.93. The highest BCUT2D eigenvalue weighted by molar-refractivity contribution is 4.88. The van der Waals surface area contributed by atoms with E-state index in [1.54, 1.807) is 0 Å². The molecule has 1 aliphatic carbocycles. The molecule has 0 bridgehead atoms. The van der Waals surface area contributed by atoms with Gasteiger partial charge in [0.1, 0.15) is 0 Å². The second-order valence-electron chi connectivity index (χ2n) is 6.59. The fourth-order valence-electron chi connectivity index (χ4n) is 3.83. The minimum atomic E-state index is -0.0720. The summed E-state index contributed by atoms with van der Waals surface area (Å²) in [6.45, 7) is 6.89. The van der Waals surface area contributed by atoms with Crippen molar-refractivity contribution in [2.24, 2.45) is 0 Å². The van der Waals surface area contributed by atoms with Crippen LogP contribution in [0, 0.1) is 0 Å². The summed E-state index contributed by atoms with van der Waals surface area (Å²) in [6, 6.07) is 1.79. The molecule has 0 aromatic heterocycles. The minimum Gasteiger partial charge on any atom is -0.391 e. The van der Waals surface area contributed by atoms with E-state index in [1.165, 1.54) is 44.9 Å². The van der Waals surface area contributed by atoms with E-state index in [0.29, 0.717) is 18.1 Å². The molecule has 0 radical (unpaired) electrons. The van der Waals surface area contributed by atoms with Crippen molar-refractivity contribution in [1.29, 1.82) is 0 Å². The molecular weight excluding hydrogens is 236 g/mol. The lowest BCUT2D eigenvalue weighted by Gasteiger charge is -2.42. The summed E-state index contributed by atoms with van der Waals surface area (Å²) >= 11 is 0. The molecule has 1 heterocycles. The molecule has 0 amide bonds. The van der Waals surface area contributed by atoms with Crippen LogP contribution in [-0.2, 0) is 0 Å². The van der Waals surface area contributed by atoms with E-state index in [4.69, 9.17) is 0 Å². The molecule has 0 aromatic rings. The van der Waals surface area contributed by atoms with E-state index in [9.17, 15) is 5.11 Å². The molecule has 0 aromatic carbocycles. The Labute approximate surface area is 118 Å². The molecule has 3 heteroatoms. The fraction of sp³-hybridized carbons (Fsp3) is 1.00. The monoisotopic (exact) mass is 268 g/mol. The highest BCUT2D eigenvalue weighted by atomic mass is 16.3. The quantitative estimate of drug-likeness (QED) is 0.804. The maximum Gasteiger partial charge on any atom is 0.0695 e. The van der Waals surface area contributed by atoms with Crippen molar-refractivity contribution in [2.45, 2.75) is 89.4 Å². The molecule has 3 nitrogen and oxygen atoms in total. The van der Waals surface area contributed by atoms with Crippen LogP contribution in [0.1, 0.15) is 65.2 Å². The summed E-state index contributed by atoms with van der Waals surface area (Å²) in [5.74, 6) is 0. The zero-order valence-electron chi connectivity index (χ0n) is 12.8. The van der Waals surface area contributed by atoms with Crippen LogP contribution in [0.5, 0.6) is 0 Å². The van der Waals surface area contributed by atoms with Crippen molar-refractivity contribution in [3.05, 3.63) is 0 Å². The summed E-state index contributed by atoms with van der Waals surface area (Å²) in [5, 5.41) is 13.9. The summed E-state index contributed by atoms with van der Waals surface area (Å²) in [4.78, 5) is 2.55. The lowest BCUT2D eigenvalue weighted by molar-refractivity contribution is 0.00667. The number of likely N-dealkylation sites (tertiary alicyclic amines) is 1. The molecule has 2 fully saturated rings. The predicted molar refractivity (Wildman–Crippen MR) is 80.4 cm³/mol. The fourth-order valence-corrected chi connectivity index (χ4v) is 3.83. The maximum atomic E-state index is 10.1. The van der Waals surface area contributed by atoms with Crippen LogP contribution in [0.4, 0.5) is 0 Å². The van der Waals surface area contributed by atoms with E-state index >= 15 is 0 Å². The zero-order chi connectivity index (χ0) is 13.7. The molecule has 2 rings (SSSR count). The Bertz CT molecular complexity index is 251. The first-order valence-corrected chi connectivity index (χ1v) is 8.39. The molecule has 112 valence electrons. The van der Waals surface area contributed by atoms with Crippen LogP contribution < -0.4 is 5.32 Å². The molecule has 2 aliphatic rings. The van der Waals surface area contributed by atoms with Gasteiger partial charge in [0.25, 0.3) is 0 Å². The SMILES string of the molecule is CCCC(C)NC1CCN(C2CCCCC2O)CC1. The summed E-state index contributed by atoms with van der Waals surface area (Å²) < 4.78 is 0. The number of nitrogens with one attached hydrogen (secondary N) is 1. The average molecular weight is 268 g/mol. The number of aliphatic hydroxyl groups excluding tert-OH is 1. The summed E-state index contributed by atoms with van der Waals surface area (Å²) in [5.41, 5.74) is 0. The largest absolute Gasteiger partial charge is 0.391 e. The van der Waals surface area contributed by atoms with Gasteiger partial charge in [0.15, 0.2) is 0 Å². The predicted octanol–water partition coefficient (Wildman–Crippen LogP) is 2.53. The lowest BCUT2D eigenvalue weighted by atomic mass is 9.89. The Hall–Kier alpha value is -0.120. The number of piperidine rings is 1. The molecule has 1 saturated heterocycles. The number of hydrogen-bond acceptors (Lipinski definition) is 3. The van der Waals surface area contributed by atoms with Gasteiger partial charge in [-0.3, -0.25) is 4.90 Å². The number of rotatable bonds is 5. The van der Waals surface area contributed by atoms with Crippen molar-refractivity contribution in [3.8, 4) is 0 Å². The number of nitrogens with zero attached hydrogens (tertiary/aromatic N) is 1. The Balaban J connectivity index is 1.72. The first-order valence-electron chi connectivity index (χ1n) is 8.39. The van der Waals surface area contributed by atoms with Gasteiger partial charge in [-0.25, -0.2) is 0 Å². The smallest absolute Gasteiger partial charge is 0.0695 e. The summed E-state index contributed by atoms with van der Waals surface area (Å²) in [6.07, 6.45) is 9.69. The van der Waals surface area contributed by atoms with E-state index in [0.717, 1.165) is 19.5 Å². The first-order chi connectivity index (χ1) is 9.20. The number of aliphatic hydroxyl groups is 1. The normalized spacial score (nSPS) is 32.4. The topological polar surface area (TPSA) is 35.5 Å². The van der Waals surface area contributed by atoms with Crippen LogP contribution in [0.25, 0.3) is 0 Å². The van der Waals surface area contributed by atoms with Crippen molar-refractivity contribution in [1.82, 2.24) is 10.2 Å². The van der Waals surface area contributed by atoms with Gasteiger partial charge in [0, 0.05) is 31.2 Å². The Morgan fingerprint density at radius 1 is 1.16 bits per heavy atom. The highest BCUT2D eigenvalue weighted by Gasteiger charge is 2.31. The highest BCUT2D eigenvalue weighted by Crippen LogP contribution is 2.26. The molecule has 3 atom stereocenters. The molecule has 1 saturated carbocycles. The molecule has 0 spiro atoms. The molecule has 2 N–H and O–H groups in total. The van der Waals surface area contributed by atoms with Gasteiger partial charge < -0.3 is 10.4 Å². The third kappa shape index (κ3) is 4.44. The maximum absolute atomic E-state index is 10.1. The van der Waals surface area contributed by atoms with E-state index < -0.39 is 0 Å². The molecular formula is C16H32N2O. The van der Waals surface area contributed by atoms with Crippen molar-refractivity contribution >= 4 is 0 Å². The van der Waals surface area contributed by atoms with Crippen LogP contribution in [0.2, 0.25) is 0 Å². The van der Waals surface area contributed by atoms with Crippen LogP contribution in [-0.4, -0.2) is 47.3 Å². The molecule has 19 heavy (non-hydrogen) atoms. The van der Waals surface area contributed by atoms with Gasteiger partial charge in [-0.15, -0.1) is 0 Å². The second kappa shape index (κ2) is 7.61. The van der Waals surface area contributed by atoms with Gasteiger partial charge in [-0.1, -0.05) is 26.2 Å². The molecule has 1 aliphatic heterocycles. The van der Waals surface area contributed by atoms with Crippen molar-refractivity contribution in [3.63, 3.8) is 0 Å². The van der Waals surface area contributed by atoms with Crippen LogP contribution >= 0.6 is 0 Å². The Morgan fingerprint density at radius 3 is 2.47 bits per heavy atom. The van der Waals surface area contributed by atoms with Gasteiger partial charge >= 0.3 is 0 Å². The lowest BCUT2D eigenvalue weighted by Crippen LogP contribution is -2.52. The first kappa shape index (κ1) is 15.3. The Kier molecular flexibility index (Phi) is 6.11. The number of hydrogen-bond donors (Lipinski definition) is 2. The zero-order valence-corrected chi connectivity index (χ0v) is 12.8. The van der Waals surface area contributed by atoms with E-state index in [2.05, 4.69) is 24.1 Å². The van der Waals surface area contributed by atoms with Crippen LogP contribution in [0.3, 0.4) is 0 Å². The van der Waals surface area contributed by atoms with Crippen molar-refractivity contribution in [2.75, 3.05) is 13.1 Å². The third-order valence-electron chi connectivity index (χ3n) is 4.93. The van der Waals surface area contributed by atoms with Crippen molar-refractivity contribution < 1.29 is 5.11 Å². The van der Waals surface area contributed by atoms with Gasteiger partial charge in [0.2, 0.25) is 0 Å². The van der Waals surface area contributed by atoms with E-state index in [1.807, 2.05) is 0 Å². The summed E-state index contributed by atoms with van der Waals surface area (Å²) in [7, 11) is 0.